The molecule has 0 heterocycles. The van der Waals surface area contributed by atoms with Crippen LogP contribution in [0, 0.1) is 11.3 Å². The Morgan fingerprint density at radius 3 is 2.47 bits per heavy atom. The van der Waals surface area contributed by atoms with Crippen molar-refractivity contribution in [3.05, 3.63) is 0 Å². The van der Waals surface area contributed by atoms with Crippen LogP contribution in [0.3, 0.4) is 0 Å². The van der Waals surface area contributed by atoms with Crippen LogP contribution < -0.4 is 4.72 Å². The predicted molar refractivity (Wildman–Crippen MR) is 53.2 cm³/mol. The van der Waals surface area contributed by atoms with Gasteiger partial charge in [-0.15, -0.1) is 0 Å². The Morgan fingerprint density at radius 2 is 2.07 bits per heavy atom. The Hall–Kier alpha value is -1.13. The van der Waals surface area contributed by atoms with Crippen molar-refractivity contribution < 1.29 is 17.9 Å². The third-order valence-electron chi connectivity index (χ3n) is 1.76. The number of nitrogens with one attached hydrogen (secondary N) is 1. The minimum Gasteiger partial charge on any atom is -0.468 e. The first kappa shape index (κ1) is 13.9. The number of rotatable bonds is 5. The lowest BCUT2D eigenvalue weighted by molar-refractivity contribution is -0.139. The summed E-state index contributed by atoms with van der Waals surface area (Å²) in [6, 6.07) is 1.31. The van der Waals surface area contributed by atoms with Crippen molar-refractivity contribution >= 4 is 16.0 Å². The fourth-order valence-electron chi connectivity index (χ4n) is 0.854. The smallest absolute Gasteiger partial charge is 0.325 e. The van der Waals surface area contributed by atoms with E-state index >= 15 is 0 Å². The van der Waals surface area contributed by atoms with Crippen LogP contribution in [0.5, 0.6) is 0 Å². The van der Waals surface area contributed by atoms with Gasteiger partial charge in [-0.3, -0.25) is 4.79 Å². The van der Waals surface area contributed by atoms with Gasteiger partial charge in [0.2, 0.25) is 10.0 Å². The first-order valence-electron chi connectivity index (χ1n) is 4.31. The maximum Gasteiger partial charge on any atom is 0.325 e. The van der Waals surface area contributed by atoms with Crippen LogP contribution in [0.1, 0.15) is 20.3 Å². The van der Waals surface area contributed by atoms with Gasteiger partial charge in [-0.2, -0.15) is 5.26 Å². The highest BCUT2D eigenvalue weighted by atomic mass is 32.2. The summed E-state index contributed by atoms with van der Waals surface area (Å²) in [5.41, 5.74) is 0. The van der Waals surface area contributed by atoms with Crippen LogP contribution in [0.15, 0.2) is 0 Å². The number of methoxy groups -OCH3 is 1. The van der Waals surface area contributed by atoms with Gasteiger partial charge < -0.3 is 4.74 Å². The fraction of sp³-hybridized carbons (Fsp3) is 0.750. The summed E-state index contributed by atoms with van der Waals surface area (Å²) in [5.74, 6) is -0.827. The van der Waals surface area contributed by atoms with Gasteiger partial charge in [-0.1, -0.05) is 0 Å². The van der Waals surface area contributed by atoms with Crippen LogP contribution in [0.2, 0.25) is 0 Å². The molecule has 2 atom stereocenters. The molecule has 0 aliphatic carbocycles. The van der Waals surface area contributed by atoms with Gasteiger partial charge >= 0.3 is 5.97 Å². The maximum atomic E-state index is 11.5. The standard InChI is InChI=1S/C8H14N2O4S/c1-6(4-5-9)10-15(12,13)7(2)8(11)14-3/h6-7,10H,4H2,1-3H3. The van der Waals surface area contributed by atoms with Crippen LogP contribution >= 0.6 is 0 Å². The molecule has 0 aliphatic heterocycles. The highest BCUT2D eigenvalue weighted by Crippen LogP contribution is 2.03. The van der Waals surface area contributed by atoms with Gasteiger partial charge in [0.25, 0.3) is 0 Å². The predicted octanol–water partition coefficient (Wildman–Crippen LogP) is -0.231. The van der Waals surface area contributed by atoms with Crippen molar-refractivity contribution in [3.63, 3.8) is 0 Å². The first-order valence-corrected chi connectivity index (χ1v) is 5.85. The summed E-state index contributed by atoms with van der Waals surface area (Å²) in [7, 11) is -2.65. The lowest BCUT2D eigenvalue weighted by atomic mass is 10.3. The monoisotopic (exact) mass is 234 g/mol. The van der Waals surface area contributed by atoms with Gasteiger partial charge in [0, 0.05) is 6.04 Å². The number of hydrogen-bond donors (Lipinski definition) is 1. The zero-order chi connectivity index (χ0) is 12.1. The molecule has 0 aliphatic rings. The number of nitriles is 1. The second-order valence-electron chi connectivity index (χ2n) is 3.09. The van der Waals surface area contributed by atoms with E-state index in [9.17, 15) is 13.2 Å². The fourth-order valence-corrected chi connectivity index (χ4v) is 2.05. The van der Waals surface area contributed by atoms with Crippen molar-refractivity contribution in [3.8, 4) is 6.07 Å². The lowest BCUT2D eigenvalue weighted by Crippen LogP contribution is -2.42. The number of hydrogen-bond acceptors (Lipinski definition) is 5. The Kier molecular flexibility index (Phi) is 5.25. The van der Waals surface area contributed by atoms with Gasteiger partial charge in [-0.05, 0) is 13.8 Å². The molecule has 2 unspecified atom stereocenters. The minimum absolute atomic E-state index is 0.0487. The highest BCUT2D eigenvalue weighted by molar-refractivity contribution is 7.90. The molecule has 0 aromatic heterocycles. The van der Waals surface area contributed by atoms with Gasteiger partial charge in [0.05, 0.1) is 19.6 Å². The molecule has 0 saturated carbocycles. The quantitative estimate of drug-likeness (QED) is 0.663. The first-order chi connectivity index (χ1) is 6.85. The molecular weight excluding hydrogens is 220 g/mol. The normalized spacial score (nSPS) is 15.1. The summed E-state index contributed by atoms with van der Waals surface area (Å²) < 4.78 is 29.5. The molecule has 0 aromatic rings. The van der Waals surface area contributed by atoms with E-state index in [-0.39, 0.29) is 6.42 Å². The average Bonchev–Trinajstić information content (AvgIpc) is 2.15. The van der Waals surface area contributed by atoms with E-state index in [2.05, 4.69) is 9.46 Å². The minimum atomic E-state index is -3.77. The number of sulfonamides is 1. The third kappa shape index (κ3) is 4.27. The molecule has 1 N–H and O–H groups in total. The molecule has 0 amide bonds. The number of esters is 1. The van der Waals surface area contributed by atoms with E-state index in [1.807, 2.05) is 6.07 Å². The van der Waals surface area contributed by atoms with Gasteiger partial charge in [0.15, 0.2) is 5.25 Å². The zero-order valence-corrected chi connectivity index (χ0v) is 9.67. The molecule has 0 saturated heterocycles. The molecule has 0 rings (SSSR count). The molecular formula is C8H14N2O4S. The summed E-state index contributed by atoms with van der Waals surface area (Å²) >= 11 is 0. The van der Waals surface area contributed by atoms with E-state index in [0.717, 1.165) is 7.11 Å². The Labute approximate surface area is 89.3 Å². The Morgan fingerprint density at radius 1 is 1.53 bits per heavy atom. The van der Waals surface area contributed by atoms with Crippen molar-refractivity contribution in [2.75, 3.05) is 7.11 Å². The second-order valence-corrected chi connectivity index (χ2v) is 5.12. The lowest BCUT2D eigenvalue weighted by Gasteiger charge is -2.14. The molecule has 6 nitrogen and oxygen atoms in total. The van der Waals surface area contributed by atoms with Crippen molar-refractivity contribution in [2.24, 2.45) is 0 Å². The van der Waals surface area contributed by atoms with Crippen LogP contribution in [-0.4, -0.2) is 32.8 Å². The molecule has 0 spiro atoms. The van der Waals surface area contributed by atoms with E-state index in [1.54, 1.807) is 6.92 Å². The SMILES string of the molecule is COC(=O)C(C)S(=O)(=O)NC(C)CC#N. The van der Waals surface area contributed by atoms with E-state index in [4.69, 9.17) is 5.26 Å². The number of carbonyl (C=O) groups excluding carboxylic acids is 1. The molecule has 86 valence electrons. The molecule has 0 bridgehead atoms. The number of carbonyl (C=O) groups is 1. The van der Waals surface area contributed by atoms with Crippen LogP contribution in [0.25, 0.3) is 0 Å². The molecule has 15 heavy (non-hydrogen) atoms. The molecule has 0 radical (unpaired) electrons. The van der Waals surface area contributed by atoms with E-state index in [1.165, 1.54) is 6.92 Å². The Bertz CT molecular complexity index is 357. The topological polar surface area (TPSA) is 96.3 Å². The van der Waals surface area contributed by atoms with Crippen molar-refractivity contribution in [1.29, 1.82) is 5.26 Å². The third-order valence-corrected chi connectivity index (χ3v) is 3.62. The molecule has 7 heteroatoms. The number of nitrogens with zero attached hydrogens (tertiary/aromatic N) is 1. The van der Waals surface area contributed by atoms with Crippen molar-refractivity contribution in [2.45, 2.75) is 31.6 Å². The van der Waals surface area contributed by atoms with Crippen LogP contribution in [0.4, 0.5) is 0 Å². The van der Waals surface area contributed by atoms with Crippen molar-refractivity contribution in [1.82, 2.24) is 4.72 Å². The summed E-state index contributed by atoms with van der Waals surface area (Å²) in [4.78, 5) is 11.0. The zero-order valence-electron chi connectivity index (χ0n) is 8.85. The molecule has 0 fully saturated rings. The average molecular weight is 234 g/mol. The second kappa shape index (κ2) is 5.68. The largest absolute Gasteiger partial charge is 0.468 e. The van der Waals surface area contributed by atoms with Gasteiger partial charge in [0.1, 0.15) is 0 Å². The Balaban J connectivity index is 4.57. The molecule has 0 aromatic carbocycles. The number of ether oxygens (including phenoxy) is 1. The van der Waals surface area contributed by atoms with Gasteiger partial charge in [-0.25, -0.2) is 13.1 Å². The van der Waals surface area contributed by atoms with E-state index in [0.29, 0.717) is 0 Å². The summed E-state index contributed by atoms with van der Waals surface area (Å²) in [6.45, 7) is 2.78. The highest BCUT2D eigenvalue weighted by Gasteiger charge is 2.29. The summed E-state index contributed by atoms with van der Waals surface area (Å²) in [6.07, 6.45) is 0.0487. The maximum absolute atomic E-state index is 11.5. The van der Waals surface area contributed by atoms with Crippen LogP contribution in [-0.2, 0) is 19.6 Å². The van der Waals surface area contributed by atoms with E-state index < -0.39 is 27.3 Å². The summed E-state index contributed by atoms with van der Waals surface area (Å²) in [5, 5.41) is 7.08.